The summed E-state index contributed by atoms with van der Waals surface area (Å²) >= 11 is 0. The zero-order valence-electron chi connectivity index (χ0n) is 43.8. The van der Waals surface area contributed by atoms with Crippen LogP contribution in [0.5, 0.6) is 0 Å². The first-order chi connectivity index (χ1) is 29.4. The Balaban J connectivity index is 1.13. The van der Waals surface area contributed by atoms with E-state index in [4.69, 9.17) is 0 Å². The number of fused-ring (bicyclic) bond motifs is 2. The standard InChI is InChI=1S/C60H88N2O2/c1-19-58(16,54(7,8)9)37-60(18)38-59(60,17)35-40(3)31-33-62-52(64)48-29-27-46-41-22-20-24-43-47(28-26-45(49(41)43)42-23-21-25-44(48)50(42)46)51(63)61-32-30-39(2)34-55(10,11)57(14,15)36-56(12,13)53(4,5)6/h20-29,39-40H,19,30-38H2,1-18H3,(H,61,63)(H,62,64). The molecule has 0 saturated heterocycles. The van der Waals surface area contributed by atoms with Gasteiger partial charge < -0.3 is 10.6 Å². The van der Waals surface area contributed by atoms with Crippen LogP contribution in [0.15, 0.2) is 60.7 Å². The van der Waals surface area contributed by atoms with E-state index in [2.05, 4.69) is 184 Å². The van der Waals surface area contributed by atoms with Gasteiger partial charge in [-0.3, -0.25) is 9.59 Å². The van der Waals surface area contributed by atoms with Crippen LogP contribution < -0.4 is 10.6 Å². The zero-order valence-corrected chi connectivity index (χ0v) is 43.8. The second-order valence-electron chi connectivity index (χ2n) is 26.2. The Bertz CT molecular complexity index is 2470. The Morgan fingerprint density at radius 3 is 1.44 bits per heavy atom. The van der Waals surface area contributed by atoms with Gasteiger partial charge in [0.25, 0.3) is 11.8 Å². The van der Waals surface area contributed by atoms with Crippen molar-refractivity contribution in [2.24, 2.45) is 55.2 Å². The number of benzene rings is 5. The van der Waals surface area contributed by atoms with Gasteiger partial charge in [0.05, 0.1) is 0 Å². The Morgan fingerprint density at radius 1 is 0.562 bits per heavy atom. The molecule has 5 atom stereocenters. The van der Waals surface area contributed by atoms with Gasteiger partial charge in [0, 0.05) is 24.2 Å². The molecule has 350 valence electrons. The van der Waals surface area contributed by atoms with Gasteiger partial charge in [0.15, 0.2) is 0 Å². The van der Waals surface area contributed by atoms with E-state index in [1.165, 1.54) is 25.7 Å². The summed E-state index contributed by atoms with van der Waals surface area (Å²) in [4.78, 5) is 28.0. The van der Waals surface area contributed by atoms with Crippen molar-refractivity contribution in [1.82, 2.24) is 10.6 Å². The quantitative estimate of drug-likeness (QED) is 0.0681. The summed E-state index contributed by atoms with van der Waals surface area (Å²) in [5.74, 6) is 0.979. The van der Waals surface area contributed by atoms with Crippen molar-refractivity contribution in [2.45, 2.75) is 176 Å². The van der Waals surface area contributed by atoms with Gasteiger partial charge in [-0.2, -0.15) is 0 Å². The van der Waals surface area contributed by atoms with Crippen LogP contribution in [0.2, 0.25) is 0 Å². The number of carbonyl (C=O) groups excluding carboxylic acids is 2. The normalized spacial score (nSPS) is 20.8. The lowest BCUT2D eigenvalue weighted by Crippen LogP contribution is -2.42. The second kappa shape index (κ2) is 17.2. The van der Waals surface area contributed by atoms with Crippen LogP contribution in [0.25, 0.3) is 43.1 Å². The first-order valence-electron chi connectivity index (χ1n) is 25.1. The van der Waals surface area contributed by atoms with Crippen molar-refractivity contribution in [2.75, 3.05) is 13.1 Å². The maximum absolute atomic E-state index is 14.0. The van der Waals surface area contributed by atoms with Crippen LogP contribution in [0.1, 0.15) is 197 Å². The Hall–Kier alpha value is -3.66. The molecule has 64 heavy (non-hydrogen) atoms. The van der Waals surface area contributed by atoms with Gasteiger partial charge in [-0.25, -0.2) is 0 Å². The second-order valence-corrected chi connectivity index (χ2v) is 26.2. The maximum atomic E-state index is 14.0. The topological polar surface area (TPSA) is 58.2 Å². The van der Waals surface area contributed by atoms with Crippen LogP contribution in [-0.4, -0.2) is 24.9 Å². The summed E-state index contributed by atoms with van der Waals surface area (Å²) in [6, 6.07) is 20.9. The maximum Gasteiger partial charge on any atom is 0.251 e. The van der Waals surface area contributed by atoms with Crippen molar-refractivity contribution in [3.63, 3.8) is 0 Å². The molecule has 1 fully saturated rings. The molecule has 0 aliphatic heterocycles. The van der Waals surface area contributed by atoms with Crippen LogP contribution in [0, 0.1) is 55.2 Å². The Kier molecular flexibility index (Phi) is 13.4. The average molecular weight is 869 g/mol. The molecule has 2 N–H and O–H groups in total. The average Bonchev–Trinajstić information content (AvgIpc) is 3.71. The predicted octanol–water partition coefficient (Wildman–Crippen LogP) is 16.8. The third-order valence-electron chi connectivity index (χ3n) is 18.9. The number of rotatable bonds is 18. The van der Waals surface area contributed by atoms with E-state index in [0.29, 0.717) is 46.7 Å². The molecule has 5 aromatic carbocycles. The largest absolute Gasteiger partial charge is 0.352 e. The van der Waals surface area contributed by atoms with E-state index in [9.17, 15) is 9.59 Å². The van der Waals surface area contributed by atoms with Gasteiger partial charge >= 0.3 is 0 Å². The molecule has 5 aromatic rings. The molecule has 6 rings (SSSR count). The molecule has 2 amide bonds. The molecule has 4 heteroatoms. The van der Waals surface area contributed by atoms with E-state index >= 15 is 0 Å². The summed E-state index contributed by atoms with van der Waals surface area (Å²) in [6.45, 7) is 44.8. The first kappa shape index (κ1) is 49.8. The number of nitrogens with one attached hydrogen (secondary N) is 2. The third kappa shape index (κ3) is 9.34. The summed E-state index contributed by atoms with van der Waals surface area (Å²) in [5, 5.41) is 15.2. The van der Waals surface area contributed by atoms with Gasteiger partial charge in [-0.1, -0.05) is 180 Å². The zero-order chi connectivity index (χ0) is 47.6. The van der Waals surface area contributed by atoms with Crippen molar-refractivity contribution in [3.05, 3.63) is 71.8 Å². The molecule has 4 nitrogen and oxygen atoms in total. The Labute approximate surface area is 389 Å². The molecule has 5 unspecified atom stereocenters. The fourth-order valence-corrected chi connectivity index (χ4v) is 12.1. The molecule has 0 bridgehead atoms. The number of amides is 2. The van der Waals surface area contributed by atoms with Gasteiger partial charge in [-0.15, -0.1) is 0 Å². The molecule has 0 radical (unpaired) electrons. The van der Waals surface area contributed by atoms with E-state index < -0.39 is 0 Å². The van der Waals surface area contributed by atoms with Gasteiger partial charge in [0.2, 0.25) is 0 Å². The highest BCUT2D eigenvalue weighted by Gasteiger charge is 2.62. The van der Waals surface area contributed by atoms with Crippen LogP contribution in [0.4, 0.5) is 0 Å². The number of carbonyl (C=O) groups is 2. The smallest absolute Gasteiger partial charge is 0.251 e. The van der Waals surface area contributed by atoms with E-state index in [-0.39, 0.29) is 38.9 Å². The lowest BCUT2D eigenvalue weighted by molar-refractivity contribution is -0.00898. The molecular formula is C60H88N2O2. The molecule has 1 saturated carbocycles. The fraction of sp³-hybridized carbons (Fsp3) is 0.633. The minimum atomic E-state index is -0.0203. The van der Waals surface area contributed by atoms with Crippen LogP contribution >= 0.6 is 0 Å². The van der Waals surface area contributed by atoms with Crippen LogP contribution in [-0.2, 0) is 0 Å². The summed E-state index contributed by atoms with van der Waals surface area (Å²) in [5.41, 5.74) is 3.54. The minimum Gasteiger partial charge on any atom is -0.352 e. The Morgan fingerprint density at radius 2 is 1.00 bits per heavy atom. The highest BCUT2D eigenvalue weighted by atomic mass is 16.2. The number of hydrogen-bond acceptors (Lipinski definition) is 2. The van der Waals surface area contributed by atoms with Crippen molar-refractivity contribution < 1.29 is 9.59 Å². The lowest BCUT2D eigenvalue weighted by Gasteiger charge is -2.51. The predicted molar refractivity (Wildman–Crippen MR) is 278 cm³/mol. The van der Waals surface area contributed by atoms with Crippen molar-refractivity contribution in [1.29, 1.82) is 0 Å². The van der Waals surface area contributed by atoms with Crippen molar-refractivity contribution >= 4 is 54.9 Å². The monoisotopic (exact) mass is 869 g/mol. The lowest BCUT2D eigenvalue weighted by atomic mass is 9.54. The van der Waals surface area contributed by atoms with Crippen LogP contribution in [0.3, 0.4) is 0 Å². The first-order valence-corrected chi connectivity index (χ1v) is 25.1. The van der Waals surface area contributed by atoms with E-state index in [1.54, 1.807) is 0 Å². The summed E-state index contributed by atoms with van der Waals surface area (Å²) < 4.78 is 0. The summed E-state index contributed by atoms with van der Waals surface area (Å²) in [7, 11) is 0. The highest BCUT2D eigenvalue weighted by Crippen LogP contribution is 2.72. The SMILES string of the molecule is CCC(C)(CC1(C)CC1(C)CC(C)CCNC(=O)c1ccc2c3cccc4c(C(=O)NCCC(C)CC(C)(C)C(C)(C)CC(C)(C)C(C)(C)C)ccc(c5cccc1c52)c43)C(C)(C)C. The minimum absolute atomic E-state index is 0.00985. The van der Waals surface area contributed by atoms with Gasteiger partial charge in [-0.05, 0) is 155 Å². The number of hydrogen-bond donors (Lipinski definition) is 2. The van der Waals surface area contributed by atoms with E-state index in [1.807, 2.05) is 12.1 Å². The third-order valence-corrected chi connectivity index (χ3v) is 18.9. The molecule has 0 spiro atoms. The highest BCUT2D eigenvalue weighted by molar-refractivity contribution is 6.35. The molecule has 0 heterocycles. The molecular weight excluding hydrogens is 781 g/mol. The summed E-state index contributed by atoms with van der Waals surface area (Å²) in [6.07, 6.45) is 9.16. The molecule has 1 aliphatic rings. The molecule has 0 aromatic heterocycles. The molecule has 1 aliphatic carbocycles. The van der Waals surface area contributed by atoms with Gasteiger partial charge in [0.1, 0.15) is 0 Å². The van der Waals surface area contributed by atoms with E-state index in [0.717, 1.165) is 74.3 Å². The fourth-order valence-electron chi connectivity index (χ4n) is 12.1. The van der Waals surface area contributed by atoms with Crippen molar-refractivity contribution in [3.8, 4) is 0 Å².